The lowest BCUT2D eigenvalue weighted by molar-refractivity contribution is 0.886. The van der Waals surface area contributed by atoms with Gasteiger partial charge in [-0.3, -0.25) is 0 Å². The molecule has 2 heterocycles. The molecule has 1 aromatic carbocycles. The van der Waals surface area contributed by atoms with E-state index in [9.17, 15) is 0 Å². The standard InChI is InChI=1S/C14H12ClN3.C2H6/c1-9-7-10(2)18-14(17-9)13(8-16-18)11-3-5-12(15)6-4-11;1-2/h3-8H,1-2H3;1-2H3. The number of aryl methyl sites for hydroxylation is 2. The Morgan fingerprint density at radius 2 is 1.70 bits per heavy atom. The van der Waals surface area contributed by atoms with Gasteiger partial charge in [-0.05, 0) is 37.6 Å². The lowest BCUT2D eigenvalue weighted by atomic mass is 10.1. The maximum absolute atomic E-state index is 5.91. The summed E-state index contributed by atoms with van der Waals surface area (Å²) in [5.74, 6) is 0. The largest absolute Gasteiger partial charge is 0.233 e. The molecule has 0 atom stereocenters. The van der Waals surface area contributed by atoms with Crippen molar-refractivity contribution in [2.45, 2.75) is 27.7 Å². The Labute approximate surface area is 124 Å². The van der Waals surface area contributed by atoms with Crippen LogP contribution in [0.1, 0.15) is 25.2 Å². The molecule has 3 nitrogen and oxygen atoms in total. The number of fused-ring (bicyclic) bond motifs is 1. The van der Waals surface area contributed by atoms with Crippen molar-refractivity contribution in [3.8, 4) is 11.1 Å². The van der Waals surface area contributed by atoms with Crippen LogP contribution >= 0.6 is 11.6 Å². The van der Waals surface area contributed by atoms with Crippen LogP contribution in [0.15, 0.2) is 36.5 Å². The Bertz CT molecular complexity index is 714. The first kappa shape index (κ1) is 14.5. The number of rotatable bonds is 1. The summed E-state index contributed by atoms with van der Waals surface area (Å²) in [6.07, 6.45) is 1.85. The zero-order valence-electron chi connectivity index (χ0n) is 12.2. The predicted octanol–water partition coefficient (Wildman–Crippen LogP) is 4.69. The highest BCUT2D eigenvalue weighted by molar-refractivity contribution is 6.30. The molecular weight excluding hydrogens is 270 g/mol. The molecule has 3 aromatic rings. The smallest absolute Gasteiger partial charge is 0.163 e. The SMILES string of the molecule is CC.Cc1cc(C)n2ncc(-c3ccc(Cl)cc3)c2n1. The van der Waals surface area contributed by atoms with Gasteiger partial charge in [0, 0.05) is 22.0 Å². The van der Waals surface area contributed by atoms with Crippen LogP contribution in [0.3, 0.4) is 0 Å². The number of hydrogen-bond acceptors (Lipinski definition) is 2. The fourth-order valence-corrected chi connectivity index (χ4v) is 2.23. The van der Waals surface area contributed by atoms with Gasteiger partial charge in [-0.15, -0.1) is 0 Å². The Balaban J connectivity index is 0.000000704. The van der Waals surface area contributed by atoms with Crippen molar-refractivity contribution in [2.75, 3.05) is 0 Å². The average Bonchev–Trinajstić information content (AvgIpc) is 2.86. The molecule has 0 unspecified atom stereocenters. The van der Waals surface area contributed by atoms with E-state index in [-0.39, 0.29) is 0 Å². The molecular formula is C16H18ClN3. The molecule has 0 aliphatic rings. The van der Waals surface area contributed by atoms with E-state index < -0.39 is 0 Å². The Hall–Kier alpha value is -1.87. The molecule has 0 N–H and O–H groups in total. The molecule has 0 amide bonds. The lowest BCUT2D eigenvalue weighted by Gasteiger charge is -2.03. The summed E-state index contributed by atoms with van der Waals surface area (Å²) in [5.41, 5.74) is 5.06. The summed E-state index contributed by atoms with van der Waals surface area (Å²) in [6, 6.07) is 9.75. The first-order valence-corrected chi connectivity index (χ1v) is 7.11. The zero-order chi connectivity index (χ0) is 14.7. The second kappa shape index (κ2) is 6.06. The van der Waals surface area contributed by atoms with Gasteiger partial charge in [-0.1, -0.05) is 37.6 Å². The van der Waals surface area contributed by atoms with E-state index >= 15 is 0 Å². The van der Waals surface area contributed by atoms with Crippen molar-refractivity contribution >= 4 is 17.2 Å². The number of halogens is 1. The van der Waals surface area contributed by atoms with Gasteiger partial charge in [-0.25, -0.2) is 9.50 Å². The van der Waals surface area contributed by atoms with Gasteiger partial charge in [0.05, 0.1) is 6.20 Å². The van der Waals surface area contributed by atoms with E-state index in [2.05, 4.69) is 10.1 Å². The summed E-state index contributed by atoms with van der Waals surface area (Å²) >= 11 is 5.91. The third-order valence-electron chi connectivity index (χ3n) is 2.93. The van der Waals surface area contributed by atoms with Crippen molar-refractivity contribution in [3.63, 3.8) is 0 Å². The topological polar surface area (TPSA) is 30.2 Å². The maximum Gasteiger partial charge on any atom is 0.163 e. The second-order valence-electron chi connectivity index (χ2n) is 4.34. The van der Waals surface area contributed by atoms with Gasteiger partial charge < -0.3 is 0 Å². The minimum absolute atomic E-state index is 0.732. The van der Waals surface area contributed by atoms with Gasteiger partial charge in [0.2, 0.25) is 0 Å². The van der Waals surface area contributed by atoms with Gasteiger partial charge >= 0.3 is 0 Å². The number of nitrogens with zero attached hydrogens (tertiary/aromatic N) is 3. The minimum Gasteiger partial charge on any atom is -0.233 e. The lowest BCUT2D eigenvalue weighted by Crippen LogP contribution is -1.97. The fourth-order valence-electron chi connectivity index (χ4n) is 2.10. The molecule has 104 valence electrons. The summed E-state index contributed by atoms with van der Waals surface area (Å²) in [4.78, 5) is 4.56. The van der Waals surface area contributed by atoms with Crippen LogP contribution in [0.2, 0.25) is 5.02 Å². The van der Waals surface area contributed by atoms with E-state index in [0.29, 0.717) is 0 Å². The molecule has 0 bridgehead atoms. The van der Waals surface area contributed by atoms with Crippen molar-refractivity contribution in [3.05, 3.63) is 52.9 Å². The number of benzene rings is 1. The molecule has 3 rings (SSSR count). The first-order valence-electron chi connectivity index (χ1n) is 6.73. The van der Waals surface area contributed by atoms with Crippen LogP contribution in [-0.4, -0.2) is 14.6 Å². The van der Waals surface area contributed by atoms with Crippen molar-refractivity contribution in [1.82, 2.24) is 14.6 Å². The first-order chi connectivity index (χ1) is 9.65. The minimum atomic E-state index is 0.732. The van der Waals surface area contributed by atoms with E-state index in [1.807, 2.05) is 68.7 Å². The molecule has 0 aliphatic heterocycles. The van der Waals surface area contributed by atoms with Gasteiger partial charge in [0.15, 0.2) is 5.65 Å². The molecule has 20 heavy (non-hydrogen) atoms. The molecule has 4 heteroatoms. The highest BCUT2D eigenvalue weighted by Gasteiger charge is 2.09. The van der Waals surface area contributed by atoms with Crippen LogP contribution in [0.5, 0.6) is 0 Å². The Kier molecular flexibility index (Phi) is 4.40. The van der Waals surface area contributed by atoms with Crippen molar-refractivity contribution < 1.29 is 0 Å². The summed E-state index contributed by atoms with van der Waals surface area (Å²) in [5, 5.41) is 5.11. The predicted molar refractivity (Wildman–Crippen MR) is 84.3 cm³/mol. The molecule has 0 aliphatic carbocycles. The molecule has 0 spiro atoms. The van der Waals surface area contributed by atoms with Crippen LogP contribution < -0.4 is 0 Å². The Morgan fingerprint density at radius 1 is 1.05 bits per heavy atom. The molecule has 0 radical (unpaired) electrons. The van der Waals surface area contributed by atoms with Crippen LogP contribution in [0.4, 0.5) is 0 Å². The molecule has 2 aromatic heterocycles. The van der Waals surface area contributed by atoms with Gasteiger partial charge in [-0.2, -0.15) is 5.10 Å². The van der Waals surface area contributed by atoms with Crippen LogP contribution in [0, 0.1) is 13.8 Å². The van der Waals surface area contributed by atoms with Gasteiger partial charge in [0.1, 0.15) is 0 Å². The maximum atomic E-state index is 5.91. The third kappa shape index (κ3) is 2.68. The second-order valence-corrected chi connectivity index (χ2v) is 4.78. The fraction of sp³-hybridized carbons (Fsp3) is 0.250. The highest BCUT2D eigenvalue weighted by atomic mass is 35.5. The number of hydrogen-bond donors (Lipinski definition) is 0. The zero-order valence-corrected chi connectivity index (χ0v) is 12.9. The molecule has 0 saturated carbocycles. The summed E-state index contributed by atoms with van der Waals surface area (Å²) in [7, 11) is 0. The van der Waals surface area contributed by atoms with E-state index in [1.54, 1.807) is 0 Å². The van der Waals surface area contributed by atoms with E-state index in [1.165, 1.54) is 0 Å². The van der Waals surface area contributed by atoms with E-state index in [0.717, 1.165) is 33.2 Å². The summed E-state index contributed by atoms with van der Waals surface area (Å²) < 4.78 is 1.86. The molecule has 0 saturated heterocycles. The van der Waals surface area contributed by atoms with Crippen molar-refractivity contribution in [2.24, 2.45) is 0 Å². The molecule has 0 fully saturated rings. The summed E-state index contributed by atoms with van der Waals surface area (Å²) in [6.45, 7) is 8.02. The van der Waals surface area contributed by atoms with Crippen LogP contribution in [-0.2, 0) is 0 Å². The van der Waals surface area contributed by atoms with E-state index in [4.69, 9.17) is 11.6 Å². The monoisotopic (exact) mass is 287 g/mol. The highest BCUT2D eigenvalue weighted by Crippen LogP contribution is 2.25. The van der Waals surface area contributed by atoms with Gasteiger partial charge in [0.25, 0.3) is 0 Å². The third-order valence-corrected chi connectivity index (χ3v) is 3.19. The van der Waals surface area contributed by atoms with Crippen LogP contribution in [0.25, 0.3) is 16.8 Å². The number of aromatic nitrogens is 3. The van der Waals surface area contributed by atoms with Crippen molar-refractivity contribution in [1.29, 1.82) is 0 Å². The normalized spacial score (nSPS) is 10.2. The Morgan fingerprint density at radius 3 is 2.35 bits per heavy atom. The quantitative estimate of drug-likeness (QED) is 0.650. The average molecular weight is 288 g/mol.